The lowest BCUT2D eigenvalue weighted by molar-refractivity contribution is -0.137. The zero-order valence-electron chi connectivity index (χ0n) is 17.0. The highest BCUT2D eigenvalue weighted by Gasteiger charge is 2.47. The lowest BCUT2D eigenvalue weighted by Gasteiger charge is -2.39. The summed E-state index contributed by atoms with van der Waals surface area (Å²) in [6.07, 6.45) is -4.25. The van der Waals surface area contributed by atoms with E-state index in [1.807, 2.05) is 0 Å². The highest BCUT2D eigenvalue weighted by Crippen LogP contribution is 2.34. The normalized spacial score (nSPS) is 22.3. The van der Waals surface area contributed by atoms with Gasteiger partial charge in [-0.3, -0.25) is 5.32 Å². The molecule has 2 fully saturated rings. The van der Waals surface area contributed by atoms with Crippen LogP contribution in [-0.4, -0.2) is 55.8 Å². The topological polar surface area (TPSA) is 84.9 Å². The first kappa shape index (κ1) is 22.8. The van der Waals surface area contributed by atoms with Gasteiger partial charge in [-0.1, -0.05) is 0 Å². The van der Waals surface area contributed by atoms with E-state index >= 15 is 0 Å². The van der Waals surface area contributed by atoms with Crippen molar-refractivity contribution in [3.63, 3.8) is 0 Å². The second-order valence-corrected chi connectivity index (χ2v) is 10.6. The van der Waals surface area contributed by atoms with Gasteiger partial charge in [-0.05, 0) is 45.0 Å². The number of likely N-dealkylation sites (tertiary alicyclic amines) is 1. The third-order valence-corrected chi connectivity index (χ3v) is 6.97. The van der Waals surface area contributed by atoms with E-state index < -0.39 is 44.4 Å². The van der Waals surface area contributed by atoms with Crippen molar-refractivity contribution in [1.82, 2.24) is 10.2 Å². The summed E-state index contributed by atoms with van der Waals surface area (Å²) in [5.41, 5.74) is -2.43. The number of carbonyl (C=O) groups is 1. The average Bonchev–Trinajstić information content (AvgIpc) is 3.05. The number of halogens is 3. The van der Waals surface area contributed by atoms with Crippen molar-refractivity contribution in [1.29, 1.82) is 0 Å². The second kappa shape index (κ2) is 7.69. The van der Waals surface area contributed by atoms with Gasteiger partial charge in [0.2, 0.25) is 0 Å². The van der Waals surface area contributed by atoms with Crippen LogP contribution in [0.2, 0.25) is 0 Å². The second-order valence-electron chi connectivity index (χ2n) is 8.47. The van der Waals surface area contributed by atoms with Crippen molar-refractivity contribution < 1.29 is 35.9 Å². The third kappa shape index (κ3) is 4.89. The molecule has 0 aromatic heterocycles. The fourth-order valence-electron chi connectivity index (χ4n) is 3.44. The molecule has 168 valence electrons. The molecule has 1 unspecified atom stereocenters. The number of ether oxygens (including phenoxy) is 2. The van der Waals surface area contributed by atoms with Gasteiger partial charge >= 0.3 is 12.3 Å². The predicted octanol–water partition coefficient (Wildman–Crippen LogP) is 3.15. The molecule has 2 heterocycles. The zero-order valence-corrected chi connectivity index (χ0v) is 17.8. The Labute approximate surface area is 173 Å². The maximum absolute atomic E-state index is 12.8. The van der Waals surface area contributed by atoms with E-state index in [1.54, 1.807) is 25.7 Å². The zero-order chi connectivity index (χ0) is 22.4. The number of hydrogen-bond donors (Lipinski definition) is 1. The molecule has 1 aromatic carbocycles. The summed E-state index contributed by atoms with van der Waals surface area (Å²) in [6, 6.07) is 3.40. The lowest BCUT2D eigenvalue weighted by Crippen LogP contribution is -2.55. The molecule has 1 aromatic rings. The van der Waals surface area contributed by atoms with Crippen LogP contribution in [0.4, 0.5) is 18.0 Å². The van der Waals surface area contributed by atoms with Gasteiger partial charge in [0.25, 0.3) is 0 Å². The molecular weight excluding hydrogens is 425 g/mol. The van der Waals surface area contributed by atoms with Crippen molar-refractivity contribution in [2.45, 2.75) is 61.4 Å². The largest absolute Gasteiger partial charge is 0.444 e. The molecule has 2 saturated heterocycles. The third-order valence-electron chi connectivity index (χ3n) is 5.04. The number of nitrogens with zero attached hydrogens (tertiary/aromatic N) is 1. The molecule has 1 N–H and O–H groups in total. The minimum atomic E-state index is -4.54. The Morgan fingerprint density at radius 3 is 2.23 bits per heavy atom. The lowest BCUT2D eigenvalue weighted by atomic mass is 10.0. The standard InChI is InChI=1S/C19H25F3N2O5S/c1-17(2,3)29-16(25)24-10-8-18(9-11-24)23-15(12-28-18)30(26,27)14-6-4-13(5-7-14)19(20,21)22/h4-7,15,23H,8-12H2,1-3H3. The number of carbonyl (C=O) groups excluding carboxylic acids is 1. The Morgan fingerprint density at radius 2 is 1.73 bits per heavy atom. The first-order chi connectivity index (χ1) is 13.7. The van der Waals surface area contributed by atoms with Gasteiger partial charge in [-0.25, -0.2) is 13.2 Å². The number of piperidine rings is 1. The van der Waals surface area contributed by atoms with Crippen LogP contribution in [0.5, 0.6) is 0 Å². The molecule has 1 atom stereocenters. The summed E-state index contributed by atoms with van der Waals surface area (Å²) >= 11 is 0. The van der Waals surface area contributed by atoms with Crippen LogP contribution in [0.25, 0.3) is 0 Å². The number of sulfone groups is 1. The fraction of sp³-hybridized carbons (Fsp3) is 0.632. The highest BCUT2D eigenvalue weighted by molar-refractivity contribution is 7.92. The van der Waals surface area contributed by atoms with Crippen LogP contribution in [0.15, 0.2) is 29.2 Å². The summed E-state index contributed by atoms with van der Waals surface area (Å²) in [5.74, 6) is 0. The smallest absolute Gasteiger partial charge is 0.416 e. The van der Waals surface area contributed by atoms with E-state index in [2.05, 4.69) is 5.32 Å². The number of benzene rings is 1. The summed E-state index contributed by atoms with van der Waals surface area (Å²) in [5, 5.41) is 1.91. The molecule has 0 aliphatic carbocycles. The van der Waals surface area contributed by atoms with Crippen LogP contribution in [-0.2, 0) is 25.5 Å². The van der Waals surface area contributed by atoms with E-state index in [0.717, 1.165) is 24.3 Å². The van der Waals surface area contributed by atoms with Crippen molar-refractivity contribution >= 4 is 15.9 Å². The molecule has 30 heavy (non-hydrogen) atoms. The predicted molar refractivity (Wildman–Crippen MR) is 101 cm³/mol. The van der Waals surface area contributed by atoms with Gasteiger partial charge in [0.05, 0.1) is 17.1 Å². The molecule has 0 saturated carbocycles. The Morgan fingerprint density at radius 1 is 1.17 bits per heavy atom. The average molecular weight is 450 g/mol. The summed E-state index contributed by atoms with van der Waals surface area (Å²) in [4.78, 5) is 13.5. The van der Waals surface area contributed by atoms with Gasteiger partial charge in [0.15, 0.2) is 9.84 Å². The van der Waals surface area contributed by atoms with Gasteiger partial charge < -0.3 is 14.4 Å². The number of hydrogen-bond acceptors (Lipinski definition) is 6. The number of rotatable bonds is 2. The first-order valence-corrected chi connectivity index (χ1v) is 11.1. The molecular formula is C19H25F3N2O5S. The molecule has 3 rings (SSSR count). The highest BCUT2D eigenvalue weighted by atomic mass is 32.2. The molecule has 7 nitrogen and oxygen atoms in total. The maximum atomic E-state index is 12.8. The molecule has 1 amide bonds. The Kier molecular flexibility index (Phi) is 5.85. The van der Waals surface area contributed by atoms with Gasteiger partial charge in [-0.15, -0.1) is 0 Å². The van der Waals surface area contributed by atoms with Crippen molar-refractivity contribution in [2.75, 3.05) is 19.7 Å². The minimum absolute atomic E-state index is 0.129. The molecule has 0 radical (unpaired) electrons. The summed E-state index contributed by atoms with van der Waals surface area (Å²) in [6.45, 7) is 5.84. The van der Waals surface area contributed by atoms with Gasteiger partial charge in [-0.2, -0.15) is 13.2 Å². The Hall–Kier alpha value is -1.85. The number of alkyl halides is 3. The summed E-state index contributed by atoms with van der Waals surface area (Å²) < 4.78 is 74.9. The van der Waals surface area contributed by atoms with E-state index in [1.165, 1.54) is 0 Å². The molecule has 2 aliphatic rings. The van der Waals surface area contributed by atoms with Crippen LogP contribution in [0, 0.1) is 0 Å². The van der Waals surface area contributed by atoms with Gasteiger partial charge in [0.1, 0.15) is 16.7 Å². The van der Waals surface area contributed by atoms with E-state index in [-0.39, 0.29) is 11.5 Å². The quantitative estimate of drug-likeness (QED) is 0.745. The van der Waals surface area contributed by atoms with Crippen LogP contribution in [0.1, 0.15) is 39.2 Å². The van der Waals surface area contributed by atoms with E-state index in [9.17, 15) is 26.4 Å². The first-order valence-electron chi connectivity index (χ1n) is 9.53. The molecule has 1 spiro atoms. The maximum Gasteiger partial charge on any atom is 0.416 e. The molecule has 0 bridgehead atoms. The van der Waals surface area contributed by atoms with E-state index in [4.69, 9.17) is 9.47 Å². The van der Waals surface area contributed by atoms with Gasteiger partial charge in [0, 0.05) is 25.9 Å². The summed E-state index contributed by atoms with van der Waals surface area (Å²) in [7, 11) is -3.94. The monoisotopic (exact) mass is 450 g/mol. The van der Waals surface area contributed by atoms with Crippen LogP contribution < -0.4 is 5.32 Å². The molecule has 11 heteroatoms. The minimum Gasteiger partial charge on any atom is -0.444 e. The number of amides is 1. The number of nitrogens with one attached hydrogen (secondary N) is 1. The van der Waals surface area contributed by atoms with Crippen LogP contribution >= 0.6 is 0 Å². The Balaban J connectivity index is 1.64. The van der Waals surface area contributed by atoms with E-state index in [0.29, 0.717) is 25.9 Å². The SMILES string of the molecule is CC(C)(C)OC(=O)N1CCC2(CC1)NC(S(=O)(=O)c1ccc(C(F)(F)F)cc1)CO2. The molecule has 2 aliphatic heterocycles. The van der Waals surface area contributed by atoms with Crippen LogP contribution in [0.3, 0.4) is 0 Å². The Bertz CT molecular complexity index is 886. The fourth-order valence-corrected chi connectivity index (χ4v) is 4.90. The van der Waals surface area contributed by atoms with Crippen molar-refractivity contribution in [2.24, 2.45) is 0 Å². The van der Waals surface area contributed by atoms with Crippen molar-refractivity contribution in [3.8, 4) is 0 Å². The van der Waals surface area contributed by atoms with Crippen molar-refractivity contribution in [3.05, 3.63) is 29.8 Å².